The van der Waals surface area contributed by atoms with Crippen LogP contribution in [0.15, 0.2) is 42.6 Å². The minimum absolute atomic E-state index is 0.128. The maximum absolute atomic E-state index is 11.7. The number of benzene rings is 1. The van der Waals surface area contributed by atoms with E-state index >= 15 is 0 Å². The smallest absolute Gasteiger partial charge is 0.303 e. The van der Waals surface area contributed by atoms with E-state index in [9.17, 15) is 14.4 Å². The van der Waals surface area contributed by atoms with Gasteiger partial charge in [0.05, 0.1) is 5.69 Å². The van der Waals surface area contributed by atoms with Gasteiger partial charge in [-0.15, -0.1) is 0 Å². The molecular formula is C20H20N2O5S. The standard InChI is InChI=1S/C20H20N2O5S/c1-12-7-8-21-16(9-12)18(27-13(2)23)11-26-15-5-3-14(4-6-15)10-17-19(24)28-20(25)22-17/h3-9,17-18H,10-11H2,1-2H3,(H,22,25). The summed E-state index contributed by atoms with van der Waals surface area (Å²) in [6.07, 6.45) is 1.48. The molecule has 1 N–H and O–H groups in total. The van der Waals surface area contributed by atoms with Gasteiger partial charge in [0.15, 0.2) is 6.10 Å². The minimum atomic E-state index is -0.611. The fourth-order valence-corrected chi connectivity index (χ4v) is 3.44. The Labute approximate surface area is 166 Å². The molecule has 3 rings (SSSR count). The number of pyridine rings is 1. The Kier molecular flexibility index (Phi) is 6.30. The maximum atomic E-state index is 11.7. The predicted molar refractivity (Wildman–Crippen MR) is 104 cm³/mol. The number of esters is 1. The zero-order valence-corrected chi connectivity index (χ0v) is 16.3. The number of aromatic nitrogens is 1. The zero-order valence-electron chi connectivity index (χ0n) is 15.5. The van der Waals surface area contributed by atoms with Crippen LogP contribution in [0, 0.1) is 6.92 Å². The van der Waals surface area contributed by atoms with Gasteiger partial charge in [-0.3, -0.25) is 19.4 Å². The molecule has 1 aliphatic heterocycles. The minimum Gasteiger partial charge on any atom is -0.489 e. The van der Waals surface area contributed by atoms with E-state index < -0.39 is 18.1 Å². The van der Waals surface area contributed by atoms with E-state index in [0.29, 0.717) is 29.6 Å². The highest BCUT2D eigenvalue weighted by Crippen LogP contribution is 2.22. The van der Waals surface area contributed by atoms with E-state index in [1.54, 1.807) is 18.3 Å². The monoisotopic (exact) mass is 400 g/mol. The summed E-state index contributed by atoms with van der Waals surface area (Å²) in [6, 6.07) is 10.4. The van der Waals surface area contributed by atoms with Crippen LogP contribution in [0.1, 0.15) is 29.8 Å². The van der Waals surface area contributed by atoms with Crippen molar-refractivity contribution in [3.8, 4) is 5.75 Å². The largest absolute Gasteiger partial charge is 0.489 e. The van der Waals surface area contributed by atoms with E-state index in [0.717, 1.165) is 11.1 Å². The van der Waals surface area contributed by atoms with Gasteiger partial charge in [-0.05, 0) is 42.3 Å². The van der Waals surface area contributed by atoms with Crippen LogP contribution < -0.4 is 10.1 Å². The van der Waals surface area contributed by atoms with Crippen molar-refractivity contribution in [1.29, 1.82) is 0 Å². The fourth-order valence-electron chi connectivity index (χ4n) is 2.77. The first-order valence-corrected chi connectivity index (χ1v) is 9.56. The summed E-state index contributed by atoms with van der Waals surface area (Å²) < 4.78 is 11.1. The number of thioether (sulfide) groups is 1. The fraction of sp³-hybridized carbons (Fsp3) is 0.300. The average molecular weight is 400 g/mol. The van der Waals surface area contributed by atoms with E-state index in [1.165, 1.54) is 6.92 Å². The normalized spacial score (nSPS) is 17.1. The van der Waals surface area contributed by atoms with Crippen LogP contribution in [0.2, 0.25) is 0 Å². The first-order valence-electron chi connectivity index (χ1n) is 8.74. The molecule has 7 nitrogen and oxygen atoms in total. The highest BCUT2D eigenvalue weighted by Gasteiger charge is 2.31. The van der Waals surface area contributed by atoms with Gasteiger partial charge in [-0.25, -0.2) is 0 Å². The first-order chi connectivity index (χ1) is 13.4. The van der Waals surface area contributed by atoms with Crippen LogP contribution in [0.4, 0.5) is 4.79 Å². The van der Waals surface area contributed by atoms with Crippen LogP contribution in [0.3, 0.4) is 0 Å². The molecule has 1 aromatic heterocycles. The van der Waals surface area contributed by atoms with Crippen molar-refractivity contribution in [1.82, 2.24) is 10.3 Å². The number of carbonyl (C=O) groups is 3. The van der Waals surface area contributed by atoms with Crippen LogP contribution in [0.25, 0.3) is 0 Å². The van der Waals surface area contributed by atoms with Crippen LogP contribution in [-0.2, 0) is 20.7 Å². The third-order valence-electron chi connectivity index (χ3n) is 4.11. The Morgan fingerprint density at radius 2 is 2.00 bits per heavy atom. The highest BCUT2D eigenvalue weighted by atomic mass is 32.2. The molecule has 0 aliphatic carbocycles. The summed E-state index contributed by atoms with van der Waals surface area (Å²) >= 11 is 0.705. The number of ether oxygens (including phenoxy) is 2. The zero-order chi connectivity index (χ0) is 20.1. The third kappa shape index (κ3) is 5.32. The van der Waals surface area contributed by atoms with Crippen LogP contribution in [-0.4, -0.2) is 34.0 Å². The van der Waals surface area contributed by atoms with E-state index in [1.807, 2.05) is 31.2 Å². The SMILES string of the molecule is CC(=O)OC(COc1ccc(CC2NC(=O)SC2=O)cc1)c1cc(C)ccn1. The van der Waals surface area contributed by atoms with Crippen molar-refractivity contribution < 1.29 is 23.9 Å². The van der Waals surface area contributed by atoms with Gasteiger partial charge in [0.2, 0.25) is 5.12 Å². The molecular weight excluding hydrogens is 380 g/mol. The quantitative estimate of drug-likeness (QED) is 0.714. The van der Waals surface area contributed by atoms with Crippen LogP contribution >= 0.6 is 11.8 Å². The van der Waals surface area contributed by atoms with Gasteiger partial charge in [0.25, 0.3) is 5.24 Å². The van der Waals surface area contributed by atoms with Crippen molar-refractivity contribution in [2.24, 2.45) is 0 Å². The number of hydrogen-bond donors (Lipinski definition) is 1. The van der Waals surface area contributed by atoms with Crippen molar-refractivity contribution in [2.75, 3.05) is 6.61 Å². The van der Waals surface area contributed by atoms with Crippen LogP contribution in [0.5, 0.6) is 5.75 Å². The van der Waals surface area contributed by atoms with E-state index in [-0.39, 0.29) is 17.0 Å². The molecule has 8 heteroatoms. The molecule has 1 fully saturated rings. The Morgan fingerprint density at radius 1 is 1.25 bits per heavy atom. The molecule has 1 amide bonds. The number of nitrogens with zero attached hydrogens (tertiary/aromatic N) is 1. The van der Waals surface area contributed by atoms with Gasteiger partial charge in [0, 0.05) is 31.3 Å². The summed E-state index contributed by atoms with van der Waals surface area (Å²) in [5.74, 6) is 0.193. The highest BCUT2D eigenvalue weighted by molar-refractivity contribution is 8.26. The van der Waals surface area contributed by atoms with Crippen molar-refractivity contribution in [3.63, 3.8) is 0 Å². The number of amides is 1. The molecule has 2 aromatic rings. The topological polar surface area (TPSA) is 94.6 Å². The number of hydrogen-bond acceptors (Lipinski definition) is 7. The lowest BCUT2D eigenvalue weighted by Gasteiger charge is -2.18. The molecule has 0 spiro atoms. The first kappa shape index (κ1) is 19.9. The molecule has 2 heterocycles. The Hall–Kier alpha value is -2.87. The van der Waals surface area contributed by atoms with Gasteiger partial charge < -0.3 is 14.8 Å². The Morgan fingerprint density at radius 3 is 2.61 bits per heavy atom. The Bertz CT molecular complexity index is 884. The second-order valence-electron chi connectivity index (χ2n) is 6.42. The molecule has 1 aromatic carbocycles. The lowest BCUT2D eigenvalue weighted by atomic mass is 10.1. The summed E-state index contributed by atoms with van der Waals surface area (Å²) in [5.41, 5.74) is 2.54. The van der Waals surface area contributed by atoms with E-state index in [2.05, 4.69) is 10.3 Å². The van der Waals surface area contributed by atoms with Crippen molar-refractivity contribution in [2.45, 2.75) is 32.4 Å². The summed E-state index contributed by atoms with van der Waals surface area (Å²) in [6.45, 7) is 3.41. The number of rotatable bonds is 7. The van der Waals surface area contributed by atoms with Gasteiger partial charge in [-0.1, -0.05) is 12.1 Å². The van der Waals surface area contributed by atoms with Gasteiger partial charge in [-0.2, -0.15) is 0 Å². The molecule has 1 aliphatic rings. The number of aryl methyl sites for hydroxylation is 1. The summed E-state index contributed by atoms with van der Waals surface area (Å²) in [5, 5.41) is 2.16. The average Bonchev–Trinajstić information content (AvgIpc) is 2.96. The number of nitrogens with one attached hydrogen (secondary N) is 1. The molecule has 28 heavy (non-hydrogen) atoms. The molecule has 2 unspecified atom stereocenters. The molecule has 0 saturated carbocycles. The second-order valence-corrected chi connectivity index (χ2v) is 7.40. The molecule has 0 radical (unpaired) electrons. The lowest BCUT2D eigenvalue weighted by Crippen LogP contribution is -2.30. The summed E-state index contributed by atoms with van der Waals surface area (Å²) in [4.78, 5) is 38.6. The van der Waals surface area contributed by atoms with Gasteiger partial charge in [0.1, 0.15) is 18.4 Å². The van der Waals surface area contributed by atoms with E-state index in [4.69, 9.17) is 9.47 Å². The molecule has 1 saturated heterocycles. The lowest BCUT2D eigenvalue weighted by molar-refractivity contribution is -0.148. The maximum Gasteiger partial charge on any atom is 0.303 e. The predicted octanol–water partition coefficient (Wildman–Crippen LogP) is 2.97. The Balaban J connectivity index is 1.61. The summed E-state index contributed by atoms with van der Waals surface area (Å²) in [7, 11) is 0. The molecule has 146 valence electrons. The molecule has 0 bridgehead atoms. The number of carbonyl (C=O) groups excluding carboxylic acids is 3. The third-order valence-corrected chi connectivity index (χ3v) is 4.90. The van der Waals surface area contributed by atoms with Crippen molar-refractivity contribution in [3.05, 3.63) is 59.4 Å². The van der Waals surface area contributed by atoms with Gasteiger partial charge >= 0.3 is 5.97 Å². The second kappa shape index (κ2) is 8.88. The van der Waals surface area contributed by atoms with Crippen molar-refractivity contribution >= 4 is 28.1 Å². The molecule has 2 atom stereocenters.